The summed E-state index contributed by atoms with van der Waals surface area (Å²) in [6, 6.07) is 5.07. The fourth-order valence-corrected chi connectivity index (χ4v) is 3.75. The van der Waals surface area contributed by atoms with Crippen molar-refractivity contribution in [3.05, 3.63) is 23.8 Å². The van der Waals surface area contributed by atoms with Crippen LogP contribution in [0.2, 0.25) is 0 Å². The summed E-state index contributed by atoms with van der Waals surface area (Å²) in [6.45, 7) is 8.44. The SMILES string of the molecule is CCc1ccc(N)cc1S(=O)(=O)N(C)CC(C)(C)C. The van der Waals surface area contributed by atoms with Gasteiger partial charge in [-0.1, -0.05) is 33.8 Å². The van der Waals surface area contributed by atoms with E-state index in [-0.39, 0.29) is 5.41 Å². The lowest BCUT2D eigenvalue weighted by molar-refractivity contribution is 0.310. The van der Waals surface area contributed by atoms with Crippen LogP contribution in [0.1, 0.15) is 33.3 Å². The summed E-state index contributed by atoms with van der Waals surface area (Å²) in [7, 11) is -1.87. The van der Waals surface area contributed by atoms with Gasteiger partial charge in [-0.05, 0) is 29.5 Å². The molecular formula is C14H24N2O2S. The Morgan fingerprint density at radius 1 is 1.26 bits per heavy atom. The van der Waals surface area contributed by atoms with Crippen LogP contribution in [0.5, 0.6) is 0 Å². The van der Waals surface area contributed by atoms with Gasteiger partial charge in [0.2, 0.25) is 10.0 Å². The maximum Gasteiger partial charge on any atom is 0.243 e. The molecule has 0 radical (unpaired) electrons. The lowest BCUT2D eigenvalue weighted by Gasteiger charge is -2.26. The number of nitrogen functional groups attached to an aromatic ring is 1. The molecule has 5 heteroatoms. The van der Waals surface area contributed by atoms with E-state index in [2.05, 4.69) is 0 Å². The molecule has 0 unspecified atom stereocenters. The highest BCUT2D eigenvalue weighted by Crippen LogP contribution is 2.25. The Morgan fingerprint density at radius 3 is 2.32 bits per heavy atom. The normalized spacial score (nSPS) is 12.9. The molecule has 0 aliphatic heterocycles. The van der Waals surface area contributed by atoms with Gasteiger partial charge in [0.1, 0.15) is 0 Å². The topological polar surface area (TPSA) is 63.4 Å². The Labute approximate surface area is 116 Å². The van der Waals surface area contributed by atoms with Crippen LogP contribution in [0, 0.1) is 5.41 Å². The van der Waals surface area contributed by atoms with Crippen molar-refractivity contribution in [3.63, 3.8) is 0 Å². The molecule has 0 spiro atoms. The van der Waals surface area contributed by atoms with Crippen molar-refractivity contribution in [3.8, 4) is 0 Å². The van der Waals surface area contributed by atoms with Gasteiger partial charge in [0.25, 0.3) is 0 Å². The van der Waals surface area contributed by atoms with Crippen LogP contribution in [0.4, 0.5) is 5.69 Å². The maximum absolute atomic E-state index is 12.6. The highest BCUT2D eigenvalue weighted by Gasteiger charge is 2.27. The number of hydrogen-bond acceptors (Lipinski definition) is 3. The zero-order valence-electron chi connectivity index (χ0n) is 12.4. The third-order valence-corrected chi connectivity index (χ3v) is 4.74. The average molecular weight is 284 g/mol. The van der Waals surface area contributed by atoms with Gasteiger partial charge >= 0.3 is 0 Å². The zero-order valence-corrected chi connectivity index (χ0v) is 13.2. The van der Waals surface area contributed by atoms with Gasteiger partial charge in [-0.2, -0.15) is 0 Å². The summed E-state index contributed by atoms with van der Waals surface area (Å²) in [6.07, 6.45) is 0.665. The van der Waals surface area contributed by atoms with Crippen LogP contribution in [0.25, 0.3) is 0 Å². The van der Waals surface area contributed by atoms with Crippen LogP contribution >= 0.6 is 0 Å². The summed E-state index contributed by atoms with van der Waals surface area (Å²) < 4.78 is 26.6. The first-order chi connectivity index (χ1) is 8.58. The van der Waals surface area contributed by atoms with E-state index >= 15 is 0 Å². The molecule has 0 heterocycles. The fourth-order valence-electron chi connectivity index (χ4n) is 2.02. The number of benzene rings is 1. The molecule has 0 atom stereocenters. The third-order valence-electron chi connectivity index (χ3n) is 2.86. The van der Waals surface area contributed by atoms with E-state index < -0.39 is 10.0 Å². The lowest BCUT2D eigenvalue weighted by Crippen LogP contribution is -2.35. The van der Waals surface area contributed by atoms with E-state index in [9.17, 15) is 8.42 Å². The number of aryl methyl sites for hydroxylation is 1. The molecule has 108 valence electrons. The van der Waals surface area contributed by atoms with Gasteiger partial charge in [-0.15, -0.1) is 0 Å². The second-order valence-corrected chi connectivity index (χ2v) is 8.06. The van der Waals surface area contributed by atoms with E-state index in [4.69, 9.17) is 5.73 Å². The van der Waals surface area contributed by atoms with E-state index in [0.717, 1.165) is 5.56 Å². The summed E-state index contributed by atoms with van der Waals surface area (Å²) >= 11 is 0. The Bertz CT molecular complexity index is 545. The lowest BCUT2D eigenvalue weighted by atomic mass is 9.97. The number of anilines is 1. The predicted molar refractivity (Wildman–Crippen MR) is 79.5 cm³/mol. The Morgan fingerprint density at radius 2 is 1.84 bits per heavy atom. The fraction of sp³-hybridized carbons (Fsp3) is 0.571. The quantitative estimate of drug-likeness (QED) is 0.864. The summed E-state index contributed by atoms with van der Waals surface area (Å²) in [4.78, 5) is 0.321. The minimum absolute atomic E-state index is 0.0888. The second kappa shape index (κ2) is 5.51. The highest BCUT2D eigenvalue weighted by atomic mass is 32.2. The second-order valence-electron chi connectivity index (χ2n) is 6.04. The molecule has 0 aliphatic carbocycles. The zero-order chi connectivity index (χ0) is 14.8. The van der Waals surface area contributed by atoms with Crippen LogP contribution in [-0.4, -0.2) is 26.3 Å². The molecule has 0 fully saturated rings. The van der Waals surface area contributed by atoms with E-state index in [1.807, 2.05) is 27.7 Å². The minimum atomic E-state index is -3.48. The van der Waals surface area contributed by atoms with Crippen molar-refractivity contribution in [2.24, 2.45) is 5.41 Å². The van der Waals surface area contributed by atoms with Crippen molar-refractivity contribution < 1.29 is 8.42 Å². The van der Waals surface area contributed by atoms with Gasteiger partial charge in [0.15, 0.2) is 0 Å². The minimum Gasteiger partial charge on any atom is -0.399 e. The molecule has 2 N–H and O–H groups in total. The smallest absolute Gasteiger partial charge is 0.243 e. The highest BCUT2D eigenvalue weighted by molar-refractivity contribution is 7.89. The molecule has 1 aromatic carbocycles. The Kier molecular flexibility index (Phi) is 4.63. The van der Waals surface area contributed by atoms with Crippen LogP contribution in [0.15, 0.2) is 23.1 Å². The predicted octanol–water partition coefficient (Wildman–Crippen LogP) is 2.50. The van der Waals surface area contributed by atoms with Gasteiger partial charge in [-0.25, -0.2) is 12.7 Å². The average Bonchev–Trinajstić information content (AvgIpc) is 2.26. The molecule has 1 rings (SSSR count). The van der Waals surface area contributed by atoms with Crippen LogP contribution < -0.4 is 5.73 Å². The van der Waals surface area contributed by atoms with Gasteiger partial charge in [0, 0.05) is 19.3 Å². The molecule has 19 heavy (non-hydrogen) atoms. The number of hydrogen-bond donors (Lipinski definition) is 1. The third kappa shape index (κ3) is 3.94. The largest absolute Gasteiger partial charge is 0.399 e. The number of nitrogens with zero attached hydrogens (tertiary/aromatic N) is 1. The van der Waals surface area contributed by atoms with Gasteiger partial charge in [0.05, 0.1) is 4.90 Å². The molecule has 0 aliphatic rings. The molecule has 0 saturated heterocycles. The van der Waals surface area contributed by atoms with Gasteiger partial charge < -0.3 is 5.73 Å². The summed E-state index contributed by atoms with van der Waals surface area (Å²) in [5.41, 5.74) is 6.91. The first-order valence-electron chi connectivity index (χ1n) is 6.42. The maximum atomic E-state index is 12.6. The first-order valence-corrected chi connectivity index (χ1v) is 7.86. The van der Waals surface area contributed by atoms with E-state index in [0.29, 0.717) is 23.5 Å². The molecule has 1 aromatic rings. The van der Waals surface area contributed by atoms with Crippen molar-refractivity contribution in [2.75, 3.05) is 19.3 Å². The molecule has 0 saturated carbocycles. The molecule has 0 bridgehead atoms. The van der Waals surface area contributed by atoms with Crippen molar-refractivity contribution in [1.29, 1.82) is 0 Å². The van der Waals surface area contributed by atoms with E-state index in [1.165, 1.54) is 4.31 Å². The van der Waals surface area contributed by atoms with Gasteiger partial charge in [-0.3, -0.25) is 0 Å². The summed E-state index contributed by atoms with van der Waals surface area (Å²) in [5.74, 6) is 0. The first kappa shape index (κ1) is 16.0. The monoisotopic (exact) mass is 284 g/mol. The molecule has 4 nitrogen and oxygen atoms in total. The molecule has 0 amide bonds. The number of sulfonamides is 1. The van der Waals surface area contributed by atoms with Crippen molar-refractivity contribution in [1.82, 2.24) is 4.31 Å². The van der Waals surface area contributed by atoms with Crippen LogP contribution in [-0.2, 0) is 16.4 Å². The summed E-state index contributed by atoms with van der Waals surface area (Å²) in [5, 5.41) is 0. The number of nitrogens with two attached hydrogens (primary N) is 1. The van der Waals surface area contributed by atoms with Crippen molar-refractivity contribution in [2.45, 2.75) is 39.0 Å². The van der Waals surface area contributed by atoms with E-state index in [1.54, 1.807) is 25.2 Å². The van der Waals surface area contributed by atoms with Crippen LogP contribution in [0.3, 0.4) is 0 Å². The molecular weight excluding hydrogens is 260 g/mol. The standard InChI is InChI=1S/C14H24N2O2S/c1-6-11-7-8-12(15)9-13(11)19(17,18)16(5)10-14(2,3)4/h7-9H,6,10,15H2,1-5H3. The Balaban J connectivity index is 3.23. The molecule has 0 aromatic heterocycles. The Hall–Kier alpha value is -1.07. The number of rotatable bonds is 4. The van der Waals surface area contributed by atoms with Crippen molar-refractivity contribution >= 4 is 15.7 Å².